The molecule has 0 atom stereocenters. The van der Waals surface area contributed by atoms with Crippen LogP contribution < -0.4 is 10.6 Å². The lowest BCUT2D eigenvalue weighted by Gasteiger charge is -2.31. The number of pyridine rings is 1. The molecule has 4 heterocycles. The predicted octanol–water partition coefficient (Wildman–Crippen LogP) is 2.69. The summed E-state index contributed by atoms with van der Waals surface area (Å²) < 4.78 is 31.5. The normalized spacial score (nSPS) is 18.3. The van der Waals surface area contributed by atoms with Gasteiger partial charge in [-0.1, -0.05) is 0 Å². The molecule has 2 aromatic heterocycles. The van der Waals surface area contributed by atoms with Crippen LogP contribution >= 0.6 is 0 Å². The van der Waals surface area contributed by atoms with E-state index < -0.39 is 15.9 Å². The number of nitrogens with zero attached hydrogens (tertiary/aromatic N) is 3. The highest BCUT2D eigenvalue weighted by atomic mass is 32.2. The summed E-state index contributed by atoms with van der Waals surface area (Å²) in [4.78, 5) is 22.4. The topological polar surface area (TPSA) is 122 Å². The number of carbonyl (C=O) groups excluding carboxylic acids is 1. The lowest BCUT2D eigenvalue weighted by molar-refractivity contribution is 0.100. The van der Waals surface area contributed by atoms with Gasteiger partial charge in [0.2, 0.25) is 10.0 Å². The van der Waals surface area contributed by atoms with Crippen molar-refractivity contribution in [1.82, 2.24) is 14.3 Å². The van der Waals surface area contributed by atoms with Gasteiger partial charge < -0.3 is 20.4 Å². The Morgan fingerprint density at radius 1 is 1.14 bits per heavy atom. The number of anilines is 1. The van der Waals surface area contributed by atoms with E-state index in [1.165, 1.54) is 0 Å². The van der Waals surface area contributed by atoms with Gasteiger partial charge in [-0.15, -0.1) is 0 Å². The van der Waals surface area contributed by atoms with Crippen molar-refractivity contribution in [2.24, 2.45) is 5.73 Å². The van der Waals surface area contributed by atoms with Crippen LogP contribution in [0.25, 0.3) is 22.0 Å². The van der Waals surface area contributed by atoms with E-state index in [9.17, 15) is 13.2 Å². The first-order valence-electron chi connectivity index (χ1n) is 12.1. The first kappa shape index (κ1) is 23.8. The smallest absolute Gasteiger partial charge is 0.250 e. The van der Waals surface area contributed by atoms with Crippen LogP contribution in [0.2, 0.25) is 0 Å². The number of rotatable bonds is 6. The highest BCUT2D eigenvalue weighted by Crippen LogP contribution is 2.37. The molecular weight excluding hydrogens is 466 g/mol. The zero-order chi connectivity index (χ0) is 24.6. The van der Waals surface area contributed by atoms with Gasteiger partial charge >= 0.3 is 0 Å². The van der Waals surface area contributed by atoms with Crippen molar-refractivity contribution in [3.05, 3.63) is 47.8 Å². The molecule has 0 radical (unpaired) electrons. The second-order valence-corrected chi connectivity index (χ2v) is 11.4. The zero-order valence-electron chi connectivity index (χ0n) is 19.9. The number of amides is 1. The van der Waals surface area contributed by atoms with Gasteiger partial charge in [-0.25, -0.2) is 17.7 Å². The Bertz CT molecular complexity index is 1320. The summed E-state index contributed by atoms with van der Waals surface area (Å²) in [5.41, 5.74) is 9.78. The molecule has 2 fully saturated rings. The number of benzene rings is 1. The molecule has 2 aliphatic rings. The second kappa shape index (κ2) is 9.60. The van der Waals surface area contributed by atoms with Crippen molar-refractivity contribution in [3.8, 4) is 11.1 Å². The molecule has 0 aliphatic carbocycles. The van der Waals surface area contributed by atoms with E-state index in [2.05, 4.69) is 20.9 Å². The van der Waals surface area contributed by atoms with Crippen LogP contribution in [0.15, 0.2) is 36.7 Å². The SMILES string of the molecule is CCS(=O)(=O)N1CCC(c2c[nH]c3c(C(N)=O)cc(-c4ccc(N5CCOCC5)nc4)cc23)CC1. The van der Waals surface area contributed by atoms with Gasteiger partial charge in [-0.2, -0.15) is 0 Å². The van der Waals surface area contributed by atoms with Gasteiger partial charge in [0, 0.05) is 49.5 Å². The van der Waals surface area contributed by atoms with E-state index in [0.717, 1.165) is 59.3 Å². The van der Waals surface area contributed by atoms with E-state index in [4.69, 9.17) is 10.5 Å². The third kappa shape index (κ3) is 4.65. The Kier molecular flexibility index (Phi) is 6.52. The Balaban J connectivity index is 1.46. The number of nitrogens with one attached hydrogen (secondary N) is 1. The van der Waals surface area contributed by atoms with Crippen molar-refractivity contribution >= 4 is 32.7 Å². The fourth-order valence-electron chi connectivity index (χ4n) is 5.12. The maximum Gasteiger partial charge on any atom is 0.250 e. The molecule has 1 amide bonds. The molecule has 186 valence electrons. The van der Waals surface area contributed by atoms with Crippen LogP contribution in [0.5, 0.6) is 0 Å². The minimum Gasteiger partial charge on any atom is -0.378 e. The Morgan fingerprint density at radius 3 is 2.51 bits per heavy atom. The van der Waals surface area contributed by atoms with Crippen LogP contribution in [0.1, 0.15) is 41.6 Å². The number of aromatic amines is 1. The maximum atomic E-state index is 12.3. The molecule has 2 saturated heterocycles. The molecule has 5 rings (SSSR count). The predicted molar refractivity (Wildman–Crippen MR) is 136 cm³/mol. The molecule has 2 aliphatic heterocycles. The molecule has 0 spiro atoms. The number of fused-ring (bicyclic) bond motifs is 1. The van der Waals surface area contributed by atoms with E-state index in [1.54, 1.807) is 11.2 Å². The number of morpholine rings is 1. The van der Waals surface area contributed by atoms with Gasteiger partial charge in [0.1, 0.15) is 5.82 Å². The summed E-state index contributed by atoms with van der Waals surface area (Å²) in [6.45, 7) is 5.70. The van der Waals surface area contributed by atoms with Crippen molar-refractivity contribution in [3.63, 3.8) is 0 Å². The van der Waals surface area contributed by atoms with E-state index in [-0.39, 0.29) is 11.7 Å². The van der Waals surface area contributed by atoms with Gasteiger partial charge in [0.25, 0.3) is 5.91 Å². The molecule has 9 nitrogen and oxygen atoms in total. The minimum absolute atomic E-state index is 0.119. The molecule has 0 bridgehead atoms. The Hall–Kier alpha value is -2.95. The molecule has 0 saturated carbocycles. The Labute approximate surface area is 205 Å². The molecule has 0 unspecified atom stereocenters. The quantitative estimate of drug-likeness (QED) is 0.540. The number of nitrogens with two attached hydrogens (primary N) is 1. The maximum absolute atomic E-state index is 12.3. The largest absolute Gasteiger partial charge is 0.378 e. The number of primary amides is 1. The number of sulfonamides is 1. The summed E-state index contributed by atoms with van der Waals surface area (Å²) in [5.74, 6) is 0.732. The lowest BCUT2D eigenvalue weighted by atomic mass is 9.88. The van der Waals surface area contributed by atoms with Gasteiger partial charge in [-0.3, -0.25) is 4.79 Å². The van der Waals surface area contributed by atoms with Crippen molar-refractivity contribution < 1.29 is 17.9 Å². The number of hydrogen-bond acceptors (Lipinski definition) is 6. The molecule has 3 aromatic rings. The van der Waals surface area contributed by atoms with Crippen molar-refractivity contribution in [2.45, 2.75) is 25.7 Å². The third-order valence-corrected chi connectivity index (χ3v) is 9.04. The van der Waals surface area contributed by atoms with Crippen LogP contribution in [0, 0.1) is 0 Å². The zero-order valence-corrected chi connectivity index (χ0v) is 20.7. The fourth-order valence-corrected chi connectivity index (χ4v) is 6.25. The van der Waals surface area contributed by atoms with Crippen molar-refractivity contribution in [2.75, 3.05) is 50.0 Å². The summed E-state index contributed by atoms with van der Waals surface area (Å²) in [6.07, 6.45) is 5.24. The average Bonchev–Trinajstić information content (AvgIpc) is 3.33. The van der Waals surface area contributed by atoms with E-state index >= 15 is 0 Å². The second-order valence-electron chi connectivity index (χ2n) is 9.13. The lowest BCUT2D eigenvalue weighted by Crippen LogP contribution is -2.38. The molecular formula is C25H31N5O4S. The van der Waals surface area contributed by atoms with Crippen molar-refractivity contribution in [1.29, 1.82) is 0 Å². The summed E-state index contributed by atoms with van der Waals surface area (Å²) in [6, 6.07) is 7.90. The molecule has 10 heteroatoms. The van der Waals surface area contributed by atoms with Crippen LogP contribution in [-0.2, 0) is 14.8 Å². The number of carbonyl (C=O) groups is 1. The van der Waals surface area contributed by atoms with Gasteiger partial charge in [-0.05, 0) is 61.1 Å². The number of piperidine rings is 1. The fraction of sp³-hybridized carbons (Fsp3) is 0.440. The number of H-pyrrole nitrogens is 1. The number of aromatic nitrogens is 2. The summed E-state index contributed by atoms with van der Waals surface area (Å²) in [7, 11) is -3.18. The highest BCUT2D eigenvalue weighted by molar-refractivity contribution is 7.89. The first-order valence-corrected chi connectivity index (χ1v) is 13.7. The average molecular weight is 498 g/mol. The Morgan fingerprint density at radius 2 is 1.89 bits per heavy atom. The molecule has 3 N–H and O–H groups in total. The summed E-state index contributed by atoms with van der Waals surface area (Å²) >= 11 is 0. The van der Waals surface area contributed by atoms with Gasteiger partial charge in [0.05, 0.1) is 30.0 Å². The first-order chi connectivity index (χ1) is 16.9. The van der Waals surface area contributed by atoms with Gasteiger partial charge in [0.15, 0.2) is 0 Å². The third-order valence-electron chi connectivity index (χ3n) is 7.16. The molecule has 1 aromatic carbocycles. The molecule has 35 heavy (non-hydrogen) atoms. The number of ether oxygens (including phenoxy) is 1. The van der Waals surface area contributed by atoms with Crippen LogP contribution in [0.3, 0.4) is 0 Å². The standard InChI is InChI=1S/C25H31N5O4S/c1-2-35(32,33)30-7-5-17(6-8-30)22-16-28-24-20(22)13-19(14-21(24)25(26)31)18-3-4-23(27-15-18)29-9-11-34-12-10-29/h3-4,13-17,28H,2,5-12H2,1H3,(H2,26,31). The minimum atomic E-state index is -3.18. The van der Waals surface area contributed by atoms with Crippen LogP contribution in [0.4, 0.5) is 5.82 Å². The summed E-state index contributed by atoms with van der Waals surface area (Å²) in [5, 5.41) is 0.949. The highest BCUT2D eigenvalue weighted by Gasteiger charge is 2.29. The van der Waals surface area contributed by atoms with E-state index in [1.807, 2.05) is 30.6 Å². The number of hydrogen-bond donors (Lipinski definition) is 2. The van der Waals surface area contributed by atoms with Crippen LogP contribution in [-0.4, -0.2) is 73.7 Å². The monoisotopic (exact) mass is 497 g/mol. The van der Waals surface area contributed by atoms with E-state index in [0.29, 0.717) is 31.9 Å².